The molecule has 0 aromatic carbocycles. The fourth-order valence-electron chi connectivity index (χ4n) is 4.28. The fraction of sp³-hybridized carbons (Fsp3) is 0.545. The molecule has 3 heterocycles. The van der Waals surface area contributed by atoms with Gasteiger partial charge in [-0.3, -0.25) is 9.78 Å². The van der Waals surface area contributed by atoms with E-state index < -0.39 is 0 Å². The fourth-order valence-corrected chi connectivity index (χ4v) is 4.28. The molecule has 2 aromatic rings. The van der Waals surface area contributed by atoms with E-state index in [4.69, 9.17) is 4.98 Å². The van der Waals surface area contributed by atoms with Gasteiger partial charge in [0.2, 0.25) is 5.91 Å². The van der Waals surface area contributed by atoms with Crippen molar-refractivity contribution in [1.29, 1.82) is 0 Å². The van der Waals surface area contributed by atoms with Crippen molar-refractivity contribution in [1.82, 2.24) is 20.3 Å². The van der Waals surface area contributed by atoms with E-state index in [0.29, 0.717) is 6.04 Å². The van der Waals surface area contributed by atoms with Crippen LogP contribution in [0.3, 0.4) is 0 Å². The van der Waals surface area contributed by atoms with E-state index in [1.165, 1.54) is 19.3 Å². The lowest BCUT2D eigenvalue weighted by atomic mass is 9.92. The number of hydrogen-bond acceptors (Lipinski definition) is 5. The Hall–Kier alpha value is -2.50. The van der Waals surface area contributed by atoms with Crippen LogP contribution in [0.2, 0.25) is 0 Å². The zero-order chi connectivity index (χ0) is 19.3. The molecular weight excluding hydrogens is 350 g/mol. The predicted molar refractivity (Wildman–Crippen MR) is 110 cm³/mol. The summed E-state index contributed by atoms with van der Waals surface area (Å²) >= 11 is 0. The maximum atomic E-state index is 12.6. The molecule has 1 aliphatic carbocycles. The Morgan fingerprint density at radius 1 is 1.04 bits per heavy atom. The summed E-state index contributed by atoms with van der Waals surface area (Å²) < 4.78 is 0. The van der Waals surface area contributed by atoms with E-state index >= 15 is 0 Å². The number of nitrogens with one attached hydrogen (secondary N) is 1. The van der Waals surface area contributed by atoms with Gasteiger partial charge < -0.3 is 10.2 Å². The van der Waals surface area contributed by atoms with Crippen molar-refractivity contribution in [3.05, 3.63) is 36.3 Å². The zero-order valence-corrected chi connectivity index (χ0v) is 16.6. The number of nitrogens with zero attached hydrogens (tertiary/aromatic N) is 4. The molecule has 6 heteroatoms. The Morgan fingerprint density at radius 2 is 1.75 bits per heavy atom. The highest BCUT2D eigenvalue weighted by molar-refractivity contribution is 5.79. The number of carbonyl (C=O) groups excluding carboxylic acids is 1. The Labute approximate surface area is 166 Å². The number of carbonyl (C=O) groups is 1. The number of aryl methyl sites for hydroxylation is 1. The second kappa shape index (κ2) is 8.67. The van der Waals surface area contributed by atoms with Gasteiger partial charge in [-0.1, -0.05) is 19.3 Å². The van der Waals surface area contributed by atoms with Gasteiger partial charge in [-0.2, -0.15) is 0 Å². The van der Waals surface area contributed by atoms with Gasteiger partial charge >= 0.3 is 0 Å². The van der Waals surface area contributed by atoms with Gasteiger partial charge in [0.1, 0.15) is 5.82 Å². The molecule has 1 N–H and O–H groups in total. The minimum Gasteiger partial charge on any atom is -0.356 e. The van der Waals surface area contributed by atoms with Crippen molar-refractivity contribution in [3.8, 4) is 11.4 Å². The van der Waals surface area contributed by atoms with Crippen molar-refractivity contribution in [2.75, 3.05) is 18.0 Å². The molecule has 0 spiro atoms. The summed E-state index contributed by atoms with van der Waals surface area (Å²) in [6.07, 6.45) is 11.4. The third-order valence-electron chi connectivity index (χ3n) is 5.92. The average molecular weight is 380 g/mol. The molecular formula is C22H29N5O. The molecule has 0 radical (unpaired) electrons. The third-order valence-corrected chi connectivity index (χ3v) is 5.92. The van der Waals surface area contributed by atoms with Crippen molar-refractivity contribution >= 4 is 11.7 Å². The monoisotopic (exact) mass is 379 g/mol. The molecule has 1 amide bonds. The van der Waals surface area contributed by atoms with E-state index in [-0.39, 0.29) is 11.8 Å². The van der Waals surface area contributed by atoms with Gasteiger partial charge in [-0.25, -0.2) is 9.97 Å². The van der Waals surface area contributed by atoms with Gasteiger partial charge in [0.25, 0.3) is 0 Å². The molecule has 0 unspecified atom stereocenters. The Bertz CT molecular complexity index is 796. The highest BCUT2D eigenvalue weighted by Gasteiger charge is 2.27. The molecule has 6 nitrogen and oxygen atoms in total. The van der Waals surface area contributed by atoms with Gasteiger partial charge in [0.15, 0.2) is 5.82 Å². The van der Waals surface area contributed by atoms with Crippen LogP contribution in [-0.4, -0.2) is 40.0 Å². The number of amides is 1. The van der Waals surface area contributed by atoms with Crippen molar-refractivity contribution < 1.29 is 4.79 Å². The molecule has 0 atom stereocenters. The summed E-state index contributed by atoms with van der Waals surface area (Å²) in [6.45, 7) is 3.71. The van der Waals surface area contributed by atoms with Crippen molar-refractivity contribution in [2.45, 2.75) is 57.9 Å². The summed E-state index contributed by atoms with van der Waals surface area (Å²) in [6, 6.07) is 6.29. The van der Waals surface area contributed by atoms with Crippen LogP contribution in [0, 0.1) is 12.8 Å². The lowest BCUT2D eigenvalue weighted by Gasteiger charge is -2.33. The quantitative estimate of drug-likeness (QED) is 0.880. The lowest BCUT2D eigenvalue weighted by molar-refractivity contribution is -0.126. The van der Waals surface area contributed by atoms with Crippen LogP contribution in [0.15, 0.2) is 30.6 Å². The van der Waals surface area contributed by atoms with Crippen LogP contribution in [-0.2, 0) is 4.79 Å². The van der Waals surface area contributed by atoms with Gasteiger partial charge in [-0.05, 0) is 44.7 Å². The molecule has 0 bridgehead atoms. The van der Waals surface area contributed by atoms with Crippen LogP contribution in [0.5, 0.6) is 0 Å². The van der Waals surface area contributed by atoms with E-state index in [9.17, 15) is 4.79 Å². The highest BCUT2D eigenvalue weighted by Crippen LogP contribution is 2.25. The SMILES string of the molecule is Cc1cc(N2CCC(C(=O)NC3CCCCC3)CC2)nc(-c2ccncc2)n1. The van der Waals surface area contributed by atoms with E-state index in [1.807, 2.05) is 25.1 Å². The minimum atomic E-state index is 0.126. The maximum Gasteiger partial charge on any atom is 0.223 e. The first kappa shape index (κ1) is 18.8. The summed E-state index contributed by atoms with van der Waals surface area (Å²) in [7, 11) is 0. The first-order chi connectivity index (χ1) is 13.7. The zero-order valence-electron chi connectivity index (χ0n) is 16.6. The summed E-state index contributed by atoms with van der Waals surface area (Å²) in [5.41, 5.74) is 1.93. The van der Waals surface area contributed by atoms with Gasteiger partial charge in [-0.15, -0.1) is 0 Å². The maximum absolute atomic E-state index is 12.6. The third kappa shape index (κ3) is 4.49. The summed E-state index contributed by atoms with van der Waals surface area (Å²) in [5.74, 6) is 2.06. The molecule has 4 rings (SSSR count). The van der Waals surface area contributed by atoms with E-state index in [1.54, 1.807) is 12.4 Å². The van der Waals surface area contributed by atoms with Crippen LogP contribution >= 0.6 is 0 Å². The lowest BCUT2D eigenvalue weighted by Crippen LogP contribution is -2.44. The van der Waals surface area contributed by atoms with E-state index in [2.05, 4.69) is 20.2 Å². The molecule has 2 fully saturated rings. The highest BCUT2D eigenvalue weighted by atomic mass is 16.1. The second-order valence-corrected chi connectivity index (χ2v) is 8.03. The topological polar surface area (TPSA) is 71.0 Å². The standard InChI is InChI=1S/C22H29N5O/c1-16-15-20(26-21(24-16)17-7-11-23-12-8-17)27-13-9-18(10-14-27)22(28)25-19-5-3-2-4-6-19/h7-8,11-12,15,18-19H,2-6,9-10,13-14H2,1H3,(H,25,28). The first-order valence-corrected chi connectivity index (χ1v) is 10.5. The van der Waals surface area contributed by atoms with Crippen molar-refractivity contribution in [3.63, 3.8) is 0 Å². The van der Waals surface area contributed by atoms with Crippen LogP contribution in [0.1, 0.15) is 50.6 Å². The predicted octanol–water partition coefficient (Wildman–Crippen LogP) is 3.51. The number of rotatable bonds is 4. The smallest absolute Gasteiger partial charge is 0.223 e. The van der Waals surface area contributed by atoms with Crippen molar-refractivity contribution in [2.24, 2.45) is 5.92 Å². The molecule has 2 aromatic heterocycles. The average Bonchev–Trinajstić information content (AvgIpc) is 2.75. The Morgan fingerprint density at radius 3 is 2.46 bits per heavy atom. The first-order valence-electron chi connectivity index (χ1n) is 10.5. The number of aromatic nitrogens is 3. The normalized spacial score (nSPS) is 18.8. The number of anilines is 1. The number of hydrogen-bond donors (Lipinski definition) is 1. The largest absolute Gasteiger partial charge is 0.356 e. The molecule has 1 saturated carbocycles. The summed E-state index contributed by atoms with van der Waals surface area (Å²) in [4.78, 5) is 28.3. The second-order valence-electron chi connectivity index (χ2n) is 8.03. The minimum absolute atomic E-state index is 0.126. The van der Waals surface area contributed by atoms with Crippen LogP contribution < -0.4 is 10.2 Å². The molecule has 1 saturated heterocycles. The Kier molecular flexibility index (Phi) is 5.84. The van der Waals surface area contributed by atoms with E-state index in [0.717, 1.165) is 61.7 Å². The molecule has 28 heavy (non-hydrogen) atoms. The van der Waals surface area contributed by atoms with Crippen LogP contribution in [0.25, 0.3) is 11.4 Å². The van der Waals surface area contributed by atoms with Crippen LogP contribution in [0.4, 0.5) is 5.82 Å². The Balaban J connectivity index is 1.38. The van der Waals surface area contributed by atoms with Gasteiger partial charge in [0.05, 0.1) is 0 Å². The molecule has 2 aliphatic rings. The molecule has 148 valence electrons. The molecule has 1 aliphatic heterocycles. The van der Waals surface area contributed by atoms with Gasteiger partial charge in [0, 0.05) is 54.8 Å². The number of pyridine rings is 1. The number of piperidine rings is 1. The summed E-state index contributed by atoms with van der Waals surface area (Å²) in [5, 5.41) is 3.29.